The summed E-state index contributed by atoms with van der Waals surface area (Å²) >= 11 is 0. The minimum atomic E-state index is -2.61. The molecule has 2 nitrogen and oxygen atoms in total. The van der Waals surface area contributed by atoms with E-state index in [1.807, 2.05) is 0 Å². The van der Waals surface area contributed by atoms with Crippen LogP contribution in [-0.4, -0.2) is 24.9 Å². The fourth-order valence-electron chi connectivity index (χ4n) is 1.41. The monoisotopic (exact) mass is 178 g/mol. The predicted octanol–water partition coefficient (Wildman–Crippen LogP) is 1.78. The number of ether oxygens (including phenoxy) is 1. The third kappa shape index (κ3) is 1.80. The van der Waals surface area contributed by atoms with Gasteiger partial charge in [-0.05, 0) is 12.8 Å². The molecule has 0 aromatic carbocycles. The van der Waals surface area contributed by atoms with Gasteiger partial charge in [0.1, 0.15) is 5.60 Å². The van der Waals surface area contributed by atoms with E-state index in [0.717, 1.165) is 0 Å². The highest BCUT2D eigenvalue weighted by atomic mass is 19.3. The first kappa shape index (κ1) is 9.58. The lowest BCUT2D eigenvalue weighted by Crippen LogP contribution is -2.41. The first-order valence-electron chi connectivity index (χ1n) is 3.93. The van der Waals surface area contributed by atoms with Crippen molar-refractivity contribution in [3.63, 3.8) is 0 Å². The Bertz CT molecular complexity index is 170. The van der Waals surface area contributed by atoms with Crippen LogP contribution in [0.15, 0.2) is 0 Å². The van der Waals surface area contributed by atoms with Crippen molar-refractivity contribution in [2.24, 2.45) is 0 Å². The zero-order chi connectivity index (χ0) is 9.24. The van der Waals surface area contributed by atoms with Crippen LogP contribution in [0.1, 0.15) is 25.7 Å². The Kier molecular flexibility index (Phi) is 2.46. The van der Waals surface area contributed by atoms with Gasteiger partial charge < -0.3 is 9.53 Å². The van der Waals surface area contributed by atoms with Crippen LogP contribution in [0.4, 0.5) is 8.78 Å². The van der Waals surface area contributed by atoms with Crippen molar-refractivity contribution >= 4 is 6.29 Å². The first-order valence-corrected chi connectivity index (χ1v) is 3.93. The van der Waals surface area contributed by atoms with Gasteiger partial charge in [0, 0.05) is 20.0 Å². The standard InChI is InChI=1S/C8H12F2O2/c1-12-7(6-11)2-4-8(9,10)5-3-7/h6H,2-5H2,1H3. The highest BCUT2D eigenvalue weighted by molar-refractivity contribution is 5.62. The zero-order valence-electron chi connectivity index (χ0n) is 6.98. The Hall–Kier alpha value is -0.510. The Morgan fingerprint density at radius 2 is 1.75 bits per heavy atom. The summed E-state index contributed by atoms with van der Waals surface area (Å²) in [6.45, 7) is 0. The molecule has 0 radical (unpaired) electrons. The number of hydrogen-bond acceptors (Lipinski definition) is 2. The smallest absolute Gasteiger partial charge is 0.248 e. The molecule has 0 saturated heterocycles. The Balaban J connectivity index is 2.59. The van der Waals surface area contributed by atoms with Crippen molar-refractivity contribution in [2.75, 3.05) is 7.11 Å². The van der Waals surface area contributed by atoms with Gasteiger partial charge in [0.2, 0.25) is 5.92 Å². The number of alkyl halides is 2. The van der Waals surface area contributed by atoms with E-state index >= 15 is 0 Å². The van der Waals surface area contributed by atoms with Crippen LogP contribution in [0.2, 0.25) is 0 Å². The van der Waals surface area contributed by atoms with E-state index < -0.39 is 11.5 Å². The van der Waals surface area contributed by atoms with Crippen molar-refractivity contribution in [2.45, 2.75) is 37.2 Å². The molecule has 0 atom stereocenters. The van der Waals surface area contributed by atoms with Gasteiger partial charge in [0.25, 0.3) is 0 Å². The summed E-state index contributed by atoms with van der Waals surface area (Å²) in [4.78, 5) is 10.6. The average Bonchev–Trinajstić information content (AvgIpc) is 2.06. The Morgan fingerprint density at radius 3 is 2.08 bits per heavy atom. The van der Waals surface area contributed by atoms with E-state index in [4.69, 9.17) is 4.74 Å². The molecule has 0 unspecified atom stereocenters. The topological polar surface area (TPSA) is 26.3 Å². The number of methoxy groups -OCH3 is 1. The molecule has 1 saturated carbocycles. The van der Waals surface area contributed by atoms with Crippen LogP contribution in [0.3, 0.4) is 0 Å². The summed E-state index contributed by atoms with van der Waals surface area (Å²) in [5.74, 6) is -2.61. The van der Waals surface area contributed by atoms with Crippen LogP contribution in [0, 0.1) is 0 Å². The first-order chi connectivity index (χ1) is 5.54. The second kappa shape index (κ2) is 3.09. The van der Waals surface area contributed by atoms with Gasteiger partial charge in [-0.25, -0.2) is 8.78 Å². The minimum absolute atomic E-state index is 0.125. The maximum Gasteiger partial charge on any atom is 0.248 e. The van der Waals surface area contributed by atoms with Crippen molar-refractivity contribution < 1.29 is 18.3 Å². The highest BCUT2D eigenvalue weighted by Crippen LogP contribution is 2.38. The summed E-state index contributed by atoms with van der Waals surface area (Å²) < 4.78 is 30.2. The number of hydrogen-bond donors (Lipinski definition) is 0. The van der Waals surface area contributed by atoms with Crippen LogP contribution < -0.4 is 0 Å². The molecular weight excluding hydrogens is 166 g/mol. The third-order valence-electron chi connectivity index (χ3n) is 2.45. The van der Waals surface area contributed by atoms with Crippen molar-refractivity contribution in [3.05, 3.63) is 0 Å². The quantitative estimate of drug-likeness (QED) is 0.602. The van der Waals surface area contributed by atoms with Crippen molar-refractivity contribution in [3.8, 4) is 0 Å². The van der Waals surface area contributed by atoms with Crippen LogP contribution in [0.5, 0.6) is 0 Å². The largest absolute Gasteiger partial charge is 0.371 e. The molecule has 70 valence electrons. The molecule has 1 rings (SSSR count). The lowest BCUT2D eigenvalue weighted by molar-refractivity contribution is -0.144. The van der Waals surface area contributed by atoms with E-state index in [2.05, 4.69) is 0 Å². The number of carbonyl (C=O) groups excluding carboxylic acids is 1. The molecule has 1 fully saturated rings. The molecule has 0 amide bonds. The summed E-state index contributed by atoms with van der Waals surface area (Å²) in [5, 5.41) is 0. The van der Waals surface area contributed by atoms with Crippen LogP contribution in [0.25, 0.3) is 0 Å². The van der Waals surface area contributed by atoms with E-state index in [-0.39, 0.29) is 25.7 Å². The highest BCUT2D eigenvalue weighted by Gasteiger charge is 2.43. The van der Waals surface area contributed by atoms with Crippen molar-refractivity contribution in [1.82, 2.24) is 0 Å². The molecule has 0 N–H and O–H groups in total. The Morgan fingerprint density at radius 1 is 1.25 bits per heavy atom. The maximum absolute atomic E-state index is 12.6. The SMILES string of the molecule is COC1(C=O)CCC(F)(F)CC1. The van der Waals surface area contributed by atoms with Crippen LogP contribution >= 0.6 is 0 Å². The molecule has 0 aromatic rings. The van der Waals surface area contributed by atoms with Gasteiger partial charge >= 0.3 is 0 Å². The zero-order valence-corrected chi connectivity index (χ0v) is 6.98. The minimum Gasteiger partial charge on any atom is -0.371 e. The number of carbonyl (C=O) groups is 1. The molecule has 0 aromatic heterocycles. The third-order valence-corrected chi connectivity index (χ3v) is 2.45. The Labute approximate surface area is 69.9 Å². The lowest BCUT2D eigenvalue weighted by atomic mass is 9.84. The van der Waals surface area contributed by atoms with E-state index in [9.17, 15) is 13.6 Å². The molecular formula is C8H12F2O2. The van der Waals surface area contributed by atoms with Gasteiger partial charge in [0.05, 0.1) is 0 Å². The second-order valence-electron chi connectivity index (χ2n) is 3.24. The molecule has 1 aliphatic rings. The van der Waals surface area contributed by atoms with Gasteiger partial charge in [-0.15, -0.1) is 0 Å². The van der Waals surface area contributed by atoms with E-state index in [0.29, 0.717) is 6.29 Å². The molecule has 12 heavy (non-hydrogen) atoms. The number of aldehydes is 1. The van der Waals surface area contributed by atoms with Gasteiger partial charge in [-0.3, -0.25) is 0 Å². The number of rotatable bonds is 2. The summed E-state index contributed by atoms with van der Waals surface area (Å²) in [5.41, 5.74) is -0.943. The molecule has 0 spiro atoms. The summed E-state index contributed by atoms with van der Waals surface area (Å²) in [7, 11) is 1.39. The summed E-state index contributed by atoms with van der Waals surface area (Å²) in [6, 6.07) is 0. The molecule has 4 heteroatoms. The molecule has 0 aliphatic heterocycles. The van der Waals surface area contributed by atoms with Gasteiger partial charge in [-0.2, -0.15) is 0 Å². The molecule has 0 bridgehead atoms. The summed E-state index contributed by atoms with van der Waals surface area (Å²) in [6.07, 6.45) is 0.390. The molecule has 1 aliphatic carbocycles. The van der Waals surface area contributed by atoms with Gasteiger partial charge in [-0.1, -0.05) is 0 Å². The van der Waals surface area contributed by atoms with E-state index in [1.165, 1.54) is 7.11 Å². The second-order valence-corrected chi connectivity index (χ2v) is 3.24. The normalized spacial score (nSPS) is 26.6. The lowest BCUT2D eigenvalue weighted by Gasteiger charge is -2.34. The fraction of sp³-hybridized carbons (Fsp3) is 0.875. The van der Waals surface area contributed by atoms with E-state index in [1.54, 1.807) is 0 Å². The maximum atomic E-state index is 12.6. The average molecular weight is 178 g/mol. The van der Waals surface area contributed by atoms with Gasteiger partial charge in [0.15, 0.2) is 6.29 Å². The molecule has 0 heterocycles. The number of halogens is 2. The fourth-order valence-corrected chi connectivity index (χ4v) is 1.41. The predicted molar refractivity (Wildman–Crippen MR) is 39.2 cm³/mol. The van der Waals surface area contributed by atoms with Crippen molar-refractivity contribution in [1.29, 1.82) is 0 Å². The van der Waals surface area contributed by atoms with Crippen LogP contribution in [-0.2, 0) is 9.53 Å².